The minimum atomic E-state index is -0.166. The Kier molecular flexibility index (Phi) is 4.92. The number of aromatic nitrogens is 2. The maximum atomic E-state index is 13.1. The van der Waals surface area contributed by atoms with Crippen LogP contribution in [0.3, 0.4) is 0 Å². The van der Waals surface area contributed by atoms with Crippen LogP contribution < -0.4 is 9.80 Å². The molecular formula is C21H20N4O2S. The van der Waals surface area contributed by atoms with Crippen LogP contribution in [0.25, 0.3) is 0 Å². The summed E-state index contributed by atoms with van der Waals surface area (Å²) in [6.07, 6.45) is 2.13. The second-order valence-corrected chi connectivity index (χ2v) is 7.41. The summed E-state index contributed by atoms with van der Waals surface area (Å²) in [4.78, 5) is 29.2. The van der Waals surface area contributed by atoms with Crippen LogP contribution in [0.2, 0.25) is 0 Å². The number of carbonyl (C=O) groups is 2. The van der Waals surface area contributed by atoms with Crippen molar-refractivity contribution in [3.05, 3.63) is 72.1 Å². The van der Waals surface area contributed by atoms with Gasteiger partial charge in [0.25, 0.3) is 5.91 Å². The largest absolute Gasteiger partial charge is 0.305 e. The summed E-state index contributed by atoms with van der Waals surface area (Å²) in [5, 5.41) is 0. The molecule has 3 aromatic rings. The van der Waals surface area contributed by atoms with Crippen LogP contribution in [0.5, 0.6) is 0 Å². The maximum Gasteiger partial charge on any atom is 0.279 e. The molecule has 2 unspecified atom stereocenters. The van der Waals surface area contributed by atoms with Gasteiger partial charge in [-0.05, 0) is 37.1 Å². The van der Waals surface area contributed by atoms with E-state index in [1.165, 1.54) is 6.20 Å². The zero-order valence-electron chi connectivity index (χ0n) is 15.6. The molecule has 142 valence electrons. The molecule has 0 saturated heterocycles. The number of nitrogens with zero attached hydrogens (tertiary/aromatic N) is 4. The van der Waals surface area contributed by atoms with Gasteiger partial charge in [0.1, 0.15) is 0 Å². The summed E-state index contributed by atoms with van der Waals surface area (Å²) in [5.41, 5.74) is 2.96. The van der Waals surface area contributed by atoms with E-state index < -0.39 is 0 Å². The van der Waals surface area contributed by atoms with Crippen molar-refractivity contribution < 1.29 is 9.59 Å². The minimum absolute atomic E-state index is 0.0262. The second-order valence-electron chi connectivity index (χ2n) is 6.85. The van der Waals surface area contributed by atoms with Gasteiger partial charge in [-0.1, -0.05) is 36.4 Å². The van der Waals surface area contributed by atoms with Gasteiger partial charge in [0, 0.05) is 24.3 Å². The van der Waals surface area contributed by atoms with Gasteiger partial charge in [0.15, 0.2) is 5.69 Å². The van der Waals surface area contributed by atoms with Gasteiger partial charge >= 0.3 is 0 Å². The first kappa shape index (κ1) is 18.3. The van der Waals surface area contributed by atoms with Crippen molar-refractivity contribution in [2.45, 2.75) is 32.4 Å². The number of para-hydroxylation sites is 2. The highest BCUT2D eigenvalue weighted by molar-refractivity contribution is 6.99. The third-order valence-corrected chi connectivity index (χ3v) is 5.52. The van der Waals surface area contributed by atoms with Crippen LogP contribution in [0, 0.1) is 0 Å². The molecule has 0 radical (unpaired) electrons. The quantitative estimate of drug-likeness (QED) is 0.674. The number of anilines is 2. The number of fused-ring (bicyclic) bond motifs is 1. The van der Waals surface area contributed by atoms with Gasteiger partial charge in [-0.15, -0.1) is 0 Å². The van der Waals surface area contributed by atoms with E-state index in [-0.39, 0.29) is 23.9 Å². The zero-order valence-corrected chi connectivity index (χ0v) is 16.5. The third-order valence-electron chi connectivity index (χ3n) is 5.04. The van der Waals surface area contributed by atoms with E-state index in [0.29, 0.717) is 12.1 Å². The molecule has 7 heteroatoms. The molecule has 1 aliphatic rings. The Morgan fingerprint density at radius 3 is 2.50 bits per heavy atom. The van der Waals surface area contributed by atoms with E-state index in [0.717, 1.165) is 28.7 Å². The fourth-order valence-electron chi connectivity index (χ4n) is 3.89. The summed E-state index contributed by atoms with van der Waals surface area (Å²) in [5.74, 6) is -0.192. The van der Waals surface area contributed by atoms with E-state index in [4.69, 9.17) is 0 Å². The third kappa shape index (κ3) is 3.18. The average molecular weight is 392 g/mol. The van der Waals surface area contributed by atoms with Crippen LogP contribution in [0.15, 0.2) is 60.8 Å². The van der Waals surface area contributed by atoms with Gasteiger partial charge < -0.3 is 9.80 Å². The summed E-state index contributed by atoms with van der Waals surface area (Å²) in [6, 6.07) is 17.2. The fraction of sp³-hybridized carbons (Fsp3) is 0.238. The first-order valence-corrected chi connectivity index (χ1v) is 9.86. The molecule has 0 spiro atoms. The summed E-state index contributed by atoms with van der Waals surface area (Å²) in [6.45, 7) is 3.59. The van der Waals surface area contributed by atoms with Crippen molar-refractivity contribution in [2.24, 2.45) is 0 Å². The molecule has 4 rings (SSSR count). The molecule has 2 heterocycles. The molecule has 0 aliphatic carbocycles. The Morgan fingerprint density at radius 2 is 1.82 bits per heavy atom. The van der Waals surface area contributed by atoms with Crippen LogP contribution in [-0.4, -0.2) is 26.6 Å². The Labute approximate surface area is 167 Å². The van der Waals surface area contributed by atoms with Crippen molar-refractivity contribution in [1.82, 2.24) is 8.75 Å². The van der Waals surface area contributed by atoms with Crippen molar-refractivity contribution in [3.8, 4) is 0 Å². The lowest BCUT2D eigenvalue weighted by Crippen LogP contribution is -2.47. The Bertz CT molecular complexity index is 991. The molecule has 2 amide bonds. The summed E-state index contributed by atoms with van der Waals surface area (Å²) < 4.78 is 8.06. The molecule has 1 aliphatic heterocycles. The standard InChI is InChI=1S/C21H20N4O2S/c1-14-12-20(25(15(2)26)16-8-4-3-5-9-16)17-10-6-7-11-19(17)24(14)21(27)18-13-22-28-23-18/h3-11,13-14,20H,12H2,1-2H3. The minimum Gasteiger partial charge on any atom is -0.305 e. The second kappa shape index (κ2) is 7.52. The highest BCUT2D eigenvalue weighted by atomic mass is 32.1. The van der Waals surface area contributed by atoms with Crippen LogP contribution in [0.4, 0.5) is 11.4 Å². The highest BCUT2D eigenvalue weighted by Crippen LogP contribution is 2.42. The van der Waals surface area contributed by atoms with Gasteiger partial charge in [-0.25, -0.2) is 0 Å². The smallest absolute Gasteiger partial charge is 0.279 e. The molecule has 2 aromatic carbocycles. The molecule has 0 fully saturated rings. The van der Waals surface area contributed by atoms with Crippen LogP contribution in [-0.2, 0) is 4.79 Å². The first-order chi connectivity index (χ1) is 13.6. The molecule has 1 aromatic heterocycles. The number of amides is 2. The lowest BCUT2D eigenvalue weighted by molar-refractivity contribution is -0.117. The summed E-state index contributed by atoms with van der Waals surface area (Å²) >= 11 is 1.02. The van der Waals surface area contributed by atoms with Crippen LogP contribution in [0.1, 0.15) is 42.4 Å². The lowest BCUT2D eigenvalue weighted by Gasteiger charge is -2.43. The van der Waals surface area contributed by atoms with Gasteiger partial charge in [0.2, 0.25) is 5.91 Å². The predicted molar refractivity (Wildman–Crippen MR) is 110 cm³/mol. The van der Waals surface area contributed by atoms with Gasteiger partial charge in [-0.2, -0.15) is 8.75 Å². The van der Waals surface area contributed by atoms with Crippen molar-refractivity contribution >= 4 is 34.9 Å². The number of benzene rings is 2. The van der Waals surface area contributed by atoms with Gasteiger partial charge in [-0.3, -0.25) is 9.59 Å². The topological polar surface area (TPSA) is 66.4 Å². The zero-order chi connectivity index (χ0) is 19.7. The normalized spacial score (nSPS) is 18.4. The van der Waals surface area contributed by atoms with E-state index in [9.17, 15) is 9.59 Å². The number of hydrogen-bond acceptors (Lipinski definition) is 5. The van der Waals surface area contributed by atoms with E-state index >= 15 is 0 Å². The lowest BCUT2D eigenvalue weighted by atomic mass is 9.89. The predicted octanol–water partition coefficient (Wildman–Crippen LogP) is 4.07. The van der Waals surface area contributed by atoms with Gasteiger partial charge in [0.05, 0.1) is 24.0 Å². The average Bonchev–Trinajstić information content (AvgIpc) is 3.23. The summed E-state index contributed by atoms with van der Waals surface area (Å²) in [7, 11) is 0. The molecule has 0 N–H and O–H groups in total. The highest BCUT2D eigenvalue weighted by Gasteiger charge is 2.38. The van der Waals surface area contributed by atoms with Crippen molar-refractivity contribution in [2.75, 3.05) is 9.80 Å². The first-order valence-electron chi connectivity index (χ1n) is 9.13. The fourth-order valence-corrected chi connectivity index (χ4v) is 4.30. The molecule has 0 bridgehead atoms. The van der Waals surface area contributed by atoms with Crippen molar-refractivity contribution in [1.29, 1.82) is 0 Å². The maximum absolute atomic E-state index is 13.1. The van der Waals surface area contributed by atoms with E-state index in [1.54, 1.807) is 11.8 Å². The Hall–Kier alpha value is -3.06. The number of hydrogen-bond donors (Lipinski definition) is 0. The Morgan fingerprint density at radius 1 is 1.11 bits per heavy atom. The monoisotopic (exact) mass is 392 g/mol. The van der Waals surface area contributed by atoms with Crippen molar-refractivity contribution in [3.63, 3.8) is 0 Å². The molecule has 2 atom stereocenters. The molecule has 28 heavy (non-hydrogen) atoms. The Balaban J connectivity index is 1.79. The number of rotatable bonds is 3. The molecular weight excluding hydrogens is 372 g/mol. The molecule has 0 saturated carbocycles. The SMILES string of the molecule is CC(=O)N(c1ccccc1)C1CC(C)N(C(=O)c2cnsn2)c2ccccc21. The molecule has 6 nitrogen and oxygen atoms in total. The van der Waals surface area contributed by atoms with E-state index in [1.807, 2.05) is 66.4 Å². The van der Waals surface area contributed by atoms with Crippen LogP contribution >= 0.6 is 11.7 Å². The number of carbonyl (C=O) groups excluding carboxylic acids is 2. The van der Waals surface area contributed by atoms with E-state index in [2.05, 4.69) is 8.75 Å².